The molecule has 0 aliphatic carbocycles. The number of rotatable bonds is 2. The van der Waals surface area contributed by atoms with E-state index in [2.05, 4.69) is 0 Å². The van der Waals surface area contributed by atoms with Gasteiger partial charge in [-0.05, 0) is 44.5 Å². The number of ether oxygens (including phenoxy) is 2. The lowest BCUT2D eigenvalue weighted by molar-refractivity contribution is -0.138. The number of carbonyl (C=O) groups is 2. The second kappa shape index (κ2) is 5.27. The predicted octanol–water partition coefficient (Wildman–Crippen LogP) is 2.45. The van der Waals surface area contributed by atoms with Crippen LogP contribution in [0.25, 0.3) is 0 Å². The lowest BCUT2D eigenvalue weighted by Gasteiger charge is -2.27. The SMILES string of the molecule is COc1ccc2c(c1)CC(C(=O)O)N2C(=O)OC(C)(C)C. The van der Waals surface area contributed by atoms with Gasteiger partial charge in [-0.15, -0.1) is 0 Å². The normalized spacial score (nSPS) is 17.3. The van der Waals surface area contributed by atoms with E-state index in [1.54, 1.807) is 39.0 Å². The largest absolute Gasteiger partial charge is 0.497 e. The predicted molar refractivity (Wildman–Crippen MR) is 76.8 cm³/mol. The fraction of sp³-hybridized carbons (Fsp3) is 0.467. The summed E-state index contributed by atoms with van der Waals surface area (Å²) in [5, 5.41) is 9.35. The maximum Gasteiger partial charge on any atom is 0.415 e. The van der Waals surface area contributed by atoms with Gasteiger partial charge in [0, 0.05) is 6.42 Å². The van der Waals surface area contributed by atoms with Crippen molar-refractivity contribution in [3.63, 3.8) is 0 Å². The molecule has 1 aromatic carbocycles. The van der Waals surface area contributed by atoms with Gasteiger partial charge in [0.2, 0.25) is 0 Å². The van der Waals surface area contributed by atoms with Gasteiger partial charge in [0.25, 0.3) is 0 Å². The van der Waals surface area contributed by atoms with Crippen molar-refractivity contribution in [2.75, 3.05) is 12.0 Å². The highest BCUT2D eigenvalue weighted by Gasteiger charge is 2.40. The van der Waals surface area contributed by atoms with Crippen LogP contribution in [0.2, 0.25) is 0 Å². The number of aliphatic carboxylic acids is 1. The number of hydrogen-bond donors (Lipinski definition) is 1. The molecule has 1 N–H and O–H groups in total. The van der Waals surface area contributed by atoms with Crippen molar-refractivity contribution in [1.82, 2.24) is 0 Å². The first-order valence-electron chi connectivity index (χ1n) is 6.65. The van der Waals surface area contributed by atoms with Gasteiger partial charge in [-0.2, -0.15) is 0 Å². The Bertz CT molecular complexity index is 576. The molecule has 0 saturated carbocycles. The third-order valence-electron chi connectivity index (χ3n) is 3.15. The molecule has 1 heterocycles. The molecule has 0 bridgehead atoms. The fourth-order valence-electron chi connectivity index (χ4n) is 2.29. The summed E-state index contributed by atoms with van der Waals surface area (Å²) in [6.07, 6.45) is -0.417. The van der Waals surface area contributed by atoms with Crippen LogP contribution in [0.3, 0.4) is 0 Å². The van der Waals surface area contributed by atoms with E-state index in [4.69, 9.17) is 9.47 Å². The smallest absolute Gasteiger partial charge is 0.415 e. The van der Waals surface area contributed by atoms with Crippen molar-refractivity contribution in [2.24, 2.45) is 0 Å². The van der Waals surface area contributed by atoms with E-state index in [-0.39, 0.29) is 6.42 Å². The molecule has 2 rings (SSSR count). The highest BCUT2D eigenvalue weighted by molar-refractivity contribution is 5.98. The summed E-state index contributed by atoms with van der Waals surface area (Å²) in [4.78, 5) is 24.9. The molecular weight excluding hydrogens is 274 g/mol. The Morgan fingerprint density at radius 1 is 1.33 bits per heavy atom. The van der Waals surface area contributed by atoms with Crippen molar-refractivity contribution in [3.8, 4) is 5.75 Å². The van der Waals surface area contributed by atoms with Crippen LogP contribution < -0.4 is 9.64 Å². The summed E-state index contributed by atoms with van der Waals surface area (Å²) in [5.41, 5.74) is 0.625. The first-order valence-corrected chi connectivity index (χ1v) is 6.65. The summed E-state index contributed by atoms with van der Waals surface area (Å²) < 4.78 is 10.4. The van der Waals surface area contributed by atoms with Gasteiger partial charge in [-0.3, -0.25) is 4.90 Å². The Balaban J connectivity index is 2.38. The Kier molecular flexibility index (Phi) is 3.80. The van der Waals surface area contributed by atoms with Crippen LogP contribution in [0.5, 0.6) is 5.75 Å². The van der Waals surface area contributed by atoms with Crippen LogP contribution in [0.1, 0.15) is 26.3 Å². The number of carboxylic acids is 1. The van der Waals surface area contributed by atoms with Crippen LogP contribution in [0.4, 0.5) is 10.5 Å². The van der Waals surface area contributed by atoms with Gasteiger partial charge in [0.1, 0.15) is 17.4 Å². The zero-order valence-corrected chi connectivity index (χ0v) is 12.5. The third-order valence-corrected chi connectivity index (χ3v) is 3.15. The topological polar surface area (TPSA) is 76.1 Å². The maximum atomic E-state index is 12.3. The van der Waals surface area contributed by atoms with E-state index in [1.807, 2.05) is 0 Å². The highest BCUT2D eigenvalue weighted by atomic mass is 16.6. The maximum absolute atomic E-state index is 12.3. The number of fused-ring (bicyclic) bond motifs is 1. The molecule has 1 atom stereocenters. The molecule has 0 saturated heterocycles. The van der Waals surface area contributed by atoms with E-state index >= 15 is 0 Å². The van der Waals surface area contributed by atoms with Gasteiger partial charge >= 0.3 is 12.1 Å². The van der Waals surface area contributed by atoms with Crippen LogP contribution in [0, 0.1) is 0 Å². The van der Waals surface area contributed by atoms with Gasteiger partial charge in [0.15, 0.2) is 0 Å². The van der Waals surface area contributed by atoms with E-state index in [9.17, 15) is 14.7 Å². The van der Waals surface area contributed by atoms with E-state index in [1.165, 1.54) is 12.0 Å². The lowest BCUT2D eigenvalue weighted by Crippen LogP contribution is -2.45. The molecule has 1 aromatic rings. The van der Waals surface area contributed by atoms with E-state index < -0.39 is 23.7 Å². The minimum atomic E-state index is -1.06. The number of carbonyl (C=O) groups excluding carboxylic acids is 1. The summed E-state index contributed by atoms with van der Waals surface area (Å²) in [7, 11) is 1.54. The summed E-state index contributed by atoms with van der Waals surface area (Å²) in [6.45, 7) is 5.23. The van der Waals surface area contributed by atoms with Gasteiger partial charge in [-0.25, -0.2) is 9.59 Å². The Morgan fingerprint density at radius 3 is 2.52 bits per heavy atom. The summed E-state index contributed by atoms with van der Waals surface area (Å²) >= 11 is 0. The third kappa shape index (κ3) is 3.09. The van der Waals surface area contributed by atoms with E-state index in [0.29, 0.717) is 11.4 Å². The average molecular weight is 293 g/mol. The van der Waals surface area contributed by atoms with Crippen molar-refractivity contribution in [2.45, 2.75) is 38.8 Å². The quantitative estimate of drug-likeness (QED) is 0.906. The molecule has 1 amide bonds. The second-order valence-corrected chi connectivity index (χ2v) is 5.90. The monoisotopic (exact) mass is 293 g/mol. The minimum absolute atomic E-state index is 0.237. The van der Waals surface area contributed by atoms with Crippen molar-refractivity contribution in [3.05, 3.63) is 23.8 Å². The van der Waals surface area contributed by atoms with Crippen molar-refractivity contribution < 1.29 is 24.2 Å². The molecule has 1 aliphatic rings. The molecule has 21 heavy (non-hydrogen) atoms. The second-order valence-electron chi connectivity index (χ2n) is 5.90. The molecule has 6 nitrogen and oxygen atoms in total. The van der Waals surface area contributed by atoms with Gasteiger partial charge in [-0.1, -0.05) is 0 Å². The molecular formula is C15H19NO5. The molecule has 1 unspecified atom stereocenters. The van der Waals surface area contributed by atoms with Gasteiger partial charge in [0.05, 0.1) is 12.8 Å². The zero-order valence-electron chi connectivity index (χ0n) is 12.5. The standard InChI is InChI=1S/C15H19NO5/c1-15(2,3)21-14(19)16-11-6-5-10(20-4)7-9(11)8-12(16)13(17)18/h5-7,12H,8H2,1-4H3,(H,17,18). The van der Waals surface area contributed by atoms with Crippen molar-refractivity contribution >= 4 is 17.7 Å². The molecule has 0 aromatic heterocycles. The number of anilines is 1. The van der Waals surface area contributed by atoms with Gasteiger partial charge < -0.3 is 14.6 Å². The summed E-state index contributed by atoms with van der Waals surface area (Å²) in [5.74, 6) is -0.431. The fourth-order valence-corrected chi connectivity index (χ4v) is 2.29. The number of hydrogen-bond acceptors (Lipinski definition) is 4. The molecule has 0 spiro atoms. The molecule has 1 aliphatic heterocycles. The number of amides is 1. The number of carboxylic acid groups (broad SMARTS) is 1. The Labute approximate surface area is 123 Å². The average Bonchev–Trinajstić information content (AvgIpc) is 2.74. The molecule has 0 fully saturated rings. The number of nitrogens with zero attached hydrogens (tertiary/aromatic N) is 1. The molecule has 114 valence electrons. The summed E-state index contributed by atoms with van der Waals surface area (Å²) in [6, 6.07) is 4.17. The first kappa shape index (κ1) is 15.2. The van der Waals surface area contributed by atoms with Crippen LogP contribution in [-0.2, 0) is 16.0 Å². The minimum Gasteiger partial charge on any atom is -0.497 e. The Morgan fingerprint density at radius 2 is 2.00 bits per heavy atom. The van der Waals surface area contributed by atoms with Crippen LogP contribution >= 0.6 is 0 Å². The Hall–Kier alpha value is -2.24. The van der Waals surface area contributed by atoms with Crippen LogP contribution in [0.15, 0.2) is 18.2 Å². The number of benzene rings is 1. The van der Waals surface area contributed by atoms with Crippen LogP contribution in [-0.4, -0.2) is 35.9 Å². The van der Waals surface area contributed by atoms with Crippen molar-refractivity contribution in [1.29, 1.82) is 0 Å². The molecule has 6 heteroatoms. The highest BCUT2D eigenvalue weighted by Crippen LogP contribution is 2.36. The first-order chi connectivity index (χ1) is 9.73. The zero-order chi connectivity index (χ0) is 15.8. The number of methoxy groups -OCH3 is 1. The molecule has 0 radical (unpaired) electrons. The van der Waals surface area contributed by atoms with E-state index in [0.717, 1.165) is 5.56 Å². The lowest BCUT2D eigenvalue weighted by atomic mass is 10.1.